The summed E-state index contributed by atoms with van der Waals surface area (Å²) in [7, 11) is 4.33. The molecule has 0 spiro atoms. The zero-order valence-corrected chi connectivity index (χ0v) is 17.0. The molecule has 0 bridgehead atoms. The van der Waals surface area contributed by atoms with Crippen molar-refractivity contribution in [2.75, 3.05) is 20.6 Å². The fourth-order valence-electron chi connectivity index (χ4n) is 3.96. The highest BCUT2D eigenvalue weighted by molar-refractivity contribution is 7.08. The van der Waals surface area contributed by atoms with E-state index in [-0.39, 0.29) is 0 Å². The average molecular weight is 378 g/mol. The van der Waals surface area contributed by atoms with Crippen LogP contribution >= 0.6 is 11.3 Å². The van der Waals surface area contributed by atoms with Gasteiger partial charge in [-0.15, -0.1) is 0 Å². The molecule has 1 unspecified atom stereocenters. The number of fused-ring (bicyclic) bond motifs is 1. The lowest BCUT2D eigenvalue weighted by Crippen LogP contribution is -2.26. The molecule has 1 heterocycles. The molecule has 1 aliphatic carbocycles. The number of nitrogens with zero attached hydrogens (tertiary/aromatic N) is 1. The molecule has 2 nitrogen and oxygen atoms in total. The van der Waals surface area contributed by atoms with Gasteiger partial charge in [0.1, 0.15) is 12.4 Å². The van der Waals surface area contributed by atoms with Crippen LogP contribution in [0.3, 0.4) is 0 Å². The van der Waals surface area contributed by atoms with Crippen molar-refractivity contribution in [3.8, 4) is 16.9 Å². The molecular formula is C24H27NOS. The van der Waals surface area contributed by atoms with Crippen LogP contribution in [0.5, 0.6) is 5.75 Å². The van der Waals surface area contributed by atoms with Crippen molar-refractivity contribution in [1.82, 2.24) is 4.90 Å². The second kappa shape index (κ2) is 8.28. The zero-order valence-electron chi connectivity index (χ0n) is 16.2. The summed E-state index contributed by atoms with van der Waals surface area (Å²) in [5, 5.41) is 4.30. The number of rotatable bonds is 6. The largest absolute Gasteiger partial charge is 0.489 e. The molecule has 0 radical (unpaired) electrons. The Labute approximate surface area is 166 Å². The van der Waals surface area contributed by atoms with Crippen LogP contribution in [0.2, 0.25) is 0 Å². The molecule has 0 amide bonds. The first-order valence-electron chi connectivity index (χ1n) is 9.68. The van der Waals surface area contributed by atoms with Crippen molar-refractivity contribution in [1.29, 1.82) is 0 Å². The summed E-state index contributed by atoms with van der Waals surface area (Å²) in [6.07, 6.45) is 3.64. The van der Waals surface area contributed by atoms with E-state index in [1.54, 1.807) is 11.3 Å². The second-order valence-electron chi connectivity index (χ2n) is 7.80. The summed E-state index contributed by atoms with van der Waals surface area (Å²) in [6.45, 7) is 1.80. The smallest absolute Gasteiger partial charge is 0.120 e. The Hall–Kier alpha value is -2.10. The van der Waals surface area contributed by atoms with Crippen LogP contribution in [0.4, 0.5) is 0 Å². The lowest BCUT2D eigenvalue weighted by atomic mass is 9.83. The number of benzene rings is 2. The Morgan fingerprint density at radius 3 is 2.59 bits per heavy atom. The predicted octanol–water partition coefficient (Wildman–Crippen LogP) is 5.66. The first-order chi connectivity index (χ1) is 13.2. The second-order valence-corrected chi connectivity index (χ2v) is 8.58. The highest BCUT2D eigenvalue weighted by atomic mass is 32.1. The van der Waals surface area contributed by atoms with E-state index >= 15 is 0 Å². The molecule has 0 fully saturated rings. The van der Waals surface area contributed by atoms with Gasteiger partial charge in [-0.05, 0) is 96.1 Å². The van der Waals surface area contributed by atoms with E-state index in [4.69, 9.17) is 4.74 Å². The highest BCUT2D eigenvalue weighted by Gasteiger charge is 2.19. The van der Waals surface area contributed by atoms with Crippen molar-refractivity contribution in [2.24, 2.45) is 5.92 Å². The SMILES string of the molecule is CN(C)CC1CCc2cc(OCc3ccc(-c4ccsc4)cc3)ccc2C1. The molecule has 27 heavy (non-hydrogen) atoms. The van der Waals surface area contributed by atoms with Gasteiger partial charge in [0.2, 0.25) is 0 Å². The minimum Gasteiger partial charge on any atom is -0.489 e. The van der Waals surface area contributed by atoms with Gasteiger partial charge in [-0.1, -0.05) is 30.3 Å². The summed E-state index contributed by atoms with van der Waals surface area (Å²) in [4.78, 5) is 2.30. The summed E-state index contributed by atoms with van der Waals surface area (Å²) in [5.74, 6) is 1.77. The lowest BCUT2D eigenvalue weighted by molar-refractivity contribution is 0.297. The van der Waals surface area contributed by atoms with Crippen LogP contribution in [0, 0.1) is 5.92 Å². The van der Waals surface area contributed by atoms with Crippen LogP contribution in [0.1, 0.15) is 23.1 Å². The number of hydrogen-bond donors (Lipinski definition) is 0. The summed E-state index contributed by atoms with van der Waals surface area (Å²) in [6, 6.07) is 17.5. The maximum atomic E-state index is 6.07. The Morgan fingerprint density at radius 1 is 1.00 bits per heavy atom. The van der Waals surface area contributed by atoms with E-state index in [1.165, 1.54) is 53.6 Å². The molecule has 0 saturated heterocycles. The predicted molar refractivity (Wildman–Crippen MR) is 115 cm³/mol. The molecular weight excluding hydrogens is 350 g/mol. The molecule has 2 aromatic carbocycles. The summed E-state index contributed by atoms with van der Waals surface area (Å²) in [5.41, 5.74) is 6.73. The molecule has 1 aliphatic rings. The number of thiophene rings is 1. The van der Waals surface area contributed by atoms with Gasteiger partial charge < -0.3 is 9.64 Å². The third kappa shape index (κ3) is 4.60. The minimum atomic E-state index is 0.617. The van der Waals surface area contributed by atoms with Crippen molar-refractivity contribution in [3.05, 3.63) is 76.0 Å². The van der Waals surface area contributed by atoms with Gasteiger partial charge in [0.15, 0.2) is 0 Å². The van der Waals surface area contributed by atoms with E-state index in [1.807, 2.05) is 0 Å². The molecule has 4 rings (SSSR count). The third-order valence-corrected chi connectivity index (χ3v) is 6.03. The Balaban J connectivity index is 1.37. The first-order valence-corrected chi connectivity index (χ1v) is 10.6. The maximum Gasteiger partial charge on any atom is 0.120 e. The van der Waals surface area contributed by atoms with E-state index in [0.29, 0.717) is 6.61 Å². The van der Waals surface area contributed by atoms with Gasteiger partial charge in [-0.3, -0.25) is 0 Å². The van der Waals surface area contributed by atoms with Crippen molar-refractivity contribution >= 4 is 11.3 Å². The van der Waals surface area contributed by atoms with Crippen LogP contribution < -0.4 is 4.74 Å². The standard InChI is InChI=1S/C24H27NOS/c1-25(2)15-19-5-8-22-14-24(10-9-21(22)13-19)26-16-18-3-6-20(7-4-18)23-11-12-27-17-23/h3-4,6-7,9-12,14,17,19H,5,8,13,15-16H2,1-2H3. The molecule has 3 aromatic rings. The molecule has 140 valence electrons. The molecule has 3 heteroatoms. The van der Waals surface area contributed by atoms with E-state index < -0.39 is 0 Å². The Morgan fingerprint density at radius 2 is 1.85 bits per heavy atom. The third-order valence-electron chi connectivity index (χ3n) is 5.35. The van der Waals surface area contributed by atoms with Crippen LogP contribution in [0.25, 0.3) is 11.1 Å². The molecule has 0 N–H and O–H groups in total. The van der Waals surface area contributed by atoms with Crippen molar-refractivity contribution in [3.63, 3.8) is 0 Å². The summed E-state index contributed by atoms with van der Waals surface area (Å²) >= 11 is 1.73. The number of aryl methyl sites for hydroxylation is 1. The number of hydrogen-bond acceptors (Lipinski definition) is 3. The van der Waals surface area contributed by atoms with E-state index in [9.17, 15) is 0 Å². The van der Waals surface area contributed by atoms with E-state index in [0.717, 1.165) is 11.7 Å². The fraction of sp³-hybridized carbons (Fsp3) is 0.333. The van der Waals surface area contributed by atoms with Gasteiger partial charge in [-0.25, -0.2) is 0 Å². The van der Waals surface area contributed by atoms with Gasteiger partial charge >= 0.3 is 0 Å². The average Bonchev–Trinajstić information content (AvgIpc) is 3.21. The van der Waals surface area contributed by atoms with Gasteiger partial charge in [0.25, 0.3) is 0 Å². The van der Waals surface area contributed by atoms with Crippen molar-refractivity contribution < 1.29 is 4.74 Å². The minimum absolute atomic E-state index is 0.617. The number of ether oxygens (including phenoxy) is 1. The lowest BCUT2D eigenvalue weighted by Gasteiger charge is -2.27. The van der Waals surface area contributed by atoms with Gasteiger partial charge in [-0.2, -0.15) is 11.3 Å². The normalized spacial score (nSPS) is 16.3. The molecule has 1 aromatic heterocycles. The van der Waals surface area contributed by atoms with Crippen molar-refractivity contribution in [2.45, 2.75) is 25.9 Å². The van der Waals surface area contributed by atoms with Crippen LogP contribution in [-0.4, -0.2) is 25.5 Å². The maximum absolute atomic E-state index is 6.07. The molecule has 0 saturated carbocycles. The first kappa shape index (κ1) is 18.3. The van der Waals surface area contributed by atoms with Crippen LogP contribution in [0.15, 0.2) is 59.3 Å². The van der Waals surface area contributed by atoms with Gasteiger partial charge in [0, 0.05) is 6.54 Å². The topological polar surface area (TPSA) is 12.5 Å². The fourth-order valence-corrected chi connectivity index (χ4v) is 4.62. The summed E-state index contributed by atoms with van der Waals surface area (Å²) < 4.78 is 6.07. The Bertz CT molecular complexity index is 868. The van der Waals surface area contributed by atoms with E-state index in [2.05, 4.69) is 78.3 Å². The Kier molecular flexibility index (Phi) is 5.61. The quantitative estimate of drug-likeness (QED) is 0.549. The zero-order chi connectivity index (χ0) is 18.6. The highest BCUT2D eigenvalue weighted by Crippen LogP contribution is 2.29. The molecule has 0 aliphatic heterocycles. The monoisotopic (exact) mass is 377 g/mol. The molecule has 1 atom stereocenters. The van der Waals surface area contributed by atoms with Gasteiger partial charge in [0.05, 0.1) is 0 Å². The van der Waals surface area contributed by atoms with Crippen LogP contribution in [-0.2, 0) is 19.4 Å².